The number of rotatable bonds is 8. The molecule has 140 valence electrons. The van der Waals surface area contributed by atoms with Crippen molar-refractivity contribution in [3.8, 4) is 17.2 Å². The van der Waals surface area contributed by atoms with E-state index in [0.717, 1.165) is 0 Å². The number of aliphatic hydroxyl groups is 1. The van der Waals surface area contributed by atoms with Crippen LogP contribution in [0, 0.1) is 0 Å². The maximum absolute atomic E-state index is 12.2. The van der Waals surface area contributed by atoms with Crippen LogP contribution in [-0.2, 0) is 0 Å². The summed E-state index contributed by atoms with van der Waals surface area (Å²) in [5.74, 6) is 0.979. The summed E-state index contributed by atoms with van der Waals surface area (Å²) in [6, 6.07) is 9.78. The molecule has 0 heterocycles. The van der Waals surface area contributed by atoms with E-state index < -0.39 is 6.10 Å². The Kier molecular flexibility index (Phi) is 7.38. The molecule has 1 atom stereocenters. The Labute approximate surface area is 161 Å². The molecule has 1 unspecified atom stereocenters. The molecule has 2 aromatic carbocycles. The molecule has 0 bridgehead atoms. The zero-order chi connectivity index (χ0) is 19.1. The standard InChI is InChI=1S/C18H19Cl2NO5/c1-24-13-6-11(7-14(8-13)25-2)18(23)21-9-12(22)10-26-16-5-3-4-15(19)17(16)20/h3-8,12,22H,9-10H2,1-2H3,(H,21,23). The van der Waals surface area contributed by atoms with E-state index in [-0.39, 0.29) is 24.1 Å². The minimum Gasteiger partial charge on any atom is -0.497 e. The molecule has 8 heteroatoms. The van der Waals surface area contributed by atoms with Crippen LogP contribution in [0.15, 0.2) is 36.4 Å². The quantitative estimate of drug-likeness (QED) is 0.712. The lowest BCUT2D eigenvalue weighted by Crippen LogP contribution is -2.35. The van der Waals surface area contributed by atoms with Crippen molar-refractivity contribution in [2.75, 3.05) is 27.4 Å². The topological polar surface area (TPSA) is 77.0 Å². The zero-order valence-corrected chi connectivity index (χ0v) is 15.8. The number of hydrogen-bond acceptors (Lipinski definition) is 5. The van der Waals surface area contributed by atoms with Crippen molar-refractivity contribution in [2.45, 2.75) is 6.10 Å². The number of aliphatic hydroxyl groups excluding tert-OH is 1. The highest BCUT2D eigenvalue weighted by atomic mass is 35.5. The van der Waals surface area contributed by atoms with Gasteiger partial charge in [-0.15, -0.1) is 0 Å². The van der Waals surface area contributed by atoms with Crippen molar-refractivity contribution in [3.63, 3.8) is 0 Å². The van der Waals surface area contributed by atoms with E-state index >= 15 is 0 Å². The zero-order valence-electron chi connectivity index (χ0n) is 14.3. The molecule has 1 amide bonds. The third kappa shape index (κ3) is 5.42. The van der Waals surface area contributed by atoms with Gasteiger partial charge in [0.2, 0.25) is 0 Å². The Morgan fingerprint density at radius 1 is 1.15 bits per heavy atom. The molecule has 2 rings (SSSR count). The molecule has 0 saturated carbocycles. The molecule has 0 aliphatic rings. The lowest BCUT2D eigenvalue weighted by Gasteiger charge is -2.15. The van der Waals surface area contributed by atoms with E-state index in [0.29, 0.717) is 27.8 Å². The third-order valence-electron chi connectivity index (χ3n) is 3.46. The summed E-state index contributed by atoms with van der Waals surface area (Å²) in [7, 11) is 3.00. The van der Waals surface area contributed by atoms with Crippen LogP contribution >= 0.6 is 23.2 Å². The summed E-state index contributed by atoms with van der Waals surface area (Å²) < 4.78 is 15.7. The Balaban J connectivity index is 1.89. The summed E-state index contributed by atoms with van der Waals surface area (Å²) in [6.07, 6.45) is -0.929. The first kappa shape index (κ1) is 20.2. The molecular weight excluding hydrogens is 381 g/mol. The van der Waals surface area contributed by atoms with Crippen molar-refractivity contribution in [1.29, 1.82) is 0 Å². The smallest absolute Gasteiger partial charge is 0.251 e. The molecule has 6 nitrogen and oxygen atoms in total. The summed E-state index contributed by atoms with van der Waals surface area (Å²) in [6.45, 7) is -0.0572. The normalized spacial score (nSPS) is 11.6. The van der Waals surface area contributed by atoms with Crippen molar-refractivity contribution in [1.82, 2.24) is 5.32 Å². The third-order valence-corrected chi connectivity index (χ3v) is 4.26. The van der Waals surface area contributed by atoms with E-state index in [1.165, 1.54) is 14.2 Å². The minimum atomic E-state index is -0.929. The molecule has 0 aliphatic heterocycles. The fraction of sp³-hybridized carbons (Fsp3) is 0.278. The Morgan fingerprint density at radius 2 is 1.81 bits per heavy atom. The number of carbonyl (C=O) groups is 1. The number of methoxy groups -OCH3 is 2. The monoisotopic (exact) mass is 399 g/mol. The molecule has 0 aromatic heterocycles. The highest BCUT2D eigenvalue weighted by Crippen LogP contribution is 2.31. The lowest BCUT2D eigenvalue weighted by molar-refractivity contribution is 0.0843. The Hall–Kier alpha value is -2.15. The van der Waals surface area contributed by atoms with Gasteiger partial charge in [0, 0.05) is 18.2 Å². The fourth-order valence-electron chi connectivity index (χ4n) is 2.09. The van der Waals surface area contributed by atoms with Gasteiger partial charge >= 0.3 is 0 Å². The van der Waals surface area contributed by atoms with Gasteiger partial charge in [-0.05, 0) is 24.3 Å². The van der Waals surface area contributed by atoms with Gasteiger partial charge < -0.3 is 24.6 Å². The first-order valence-electron chi connectivity index (χ1n) is 7.70. The van der Waals surface area contributed by atoms with Crippen molar-refractivity contribution in [3.05, 3.63) is 52.0 Å². The number of benzene rings is 2. The van der Waals surface area contributed by atoms with Crippen LogP contribution in [-0.4, -0.2) is 44.5 Å². The van der Waals surface area contributed by atoms with Gasteiger partial charge in [-0.25, -0.2) is 0 Å². The van der Waals surface area contributed by atoms with Gasteiger partial charge in [0.15, 0.2) is 0 Å². The highest BCUT2D eigenvalue weighted by Gasteiger charge is 2.13. The number of nitrogens with one attached hydrogen (secondary N) is 1. The van der Waals surface area contributed by atoms with E-state index in [2.05, 4.69) is 5.32 Å². The number of hydrogen-bond donors (Lipinski definition) is 2. The average molecular weight is 400 g/mol. The Bertz CT molecular complexity index is 747. The minimum absolute atomic E-state index is 0.00343. The molecule has 0 spiro atoms. The number of amides is 1. The fourth-order valence-corrected chi connectivity index (χ4v) is 2.44. The van der Waals surface area contributed by atoms with Crippen molar-refractivity contribution >= 4 is 29.1 Å². The second kappa shape index (κ2) is 9.52. The number of halogens is 2. The molecular formula is C18H19Cl2NO5. The van der Waals surface area contributed by atoms with Gasteiger partial charge in [0.25, 0.3) is 5.91 Å². The first-order valence-corrected chi connectivity index (χ1v) is 8.46. The lowest BCUT2D eigenvalue weighted by atomic mass is 10.2. The summed E-state index contributed by atoms with van der Waals surface area (Å²) >= 11 is 11.9. The first-order chi connectivity index (χ1) is 12.4. The van der Waals surface area contributed by atoms with Crippen LogP contribution in [0.2, 0.25) is 10.0 Å². The second-order valence-corrected chi connectivity index (χ2v) is 6.11. The predicted octanol–water partition coefficient (Wildman–Crippen LogP) is 3.18. The SMILES string of the molecule is COc1cc(OC)cc(C(=O)NCC(O)COc2cccc(Cl)c2Cl)c1. The summed E-state index contributed by atoms with van der Waals surface area (Å²) in [5.41, 5.74) is 0.354. The van der Waals surface area contributed by atoms with Gasteiger partial charge in [-0.1, -0.05) is 29.3 Å². The van der Waals surface area contributed by atoms with Gasteiger partial charge in [0.1, 0.15) is 35.0 Å². The molecule has 0 saturated heterocycles. The molecule has 2 aromatic rings. The van der Waals surface area contributed by atoms with Gasteiger partial charge in [0.05, 0.1) is 19.2 Å². The van der Waals surface area contributed by atoms with Gasteiger partial charge in [-0.3, -0.25) is 4.79 Å². The largest absolute Gasteiger partial charge is 0.497 e. The highest BCUT2D eigenvalue weighted by molar-refractivity contribution is 6.42. The summed E-state index contributed by atoms with van der Waals surface area (Å²) in [5, 5.41) is 13.3. The average Bonchev–Trinajstić information content (AvgIpc) is 2.66. The number of ether oxygens (including phenoxy) is 3. The van der Waals surface area contributed by atoms with E-state index in [1.54, 1.807) is 36.4 Å². The van der Waals surface area contributed by atoms with Crippen LogP contribution in [0.1, 0.15) is 10.4 Å². The van der Waals surface area contributed by atoms with E-state index in [9.17, 15) is 9.90 Å². The van der Waals surface area contributed by atoms with Crippen LogP contribution in [0.3, 0.4) is 0 Å². The second-order valence-electron chi connectivity index (χ2n) is 5.33. The van der Waals surface area contributed by atoms with E-state index in [1.807, 2.05) is 0 Å². The Morgan fingerprint density at radius 3 is 2.42 bits per heavy atom. The maximum atomic E-state index is 12.2. The van der Waals surface area contributed by atoms with Crippen LogP contribution in [0.25, 0.3) is 0 Å². The molecule has 0 fully saturated rings. The van der Waals surface area contributed by atoms with Crippen molar-refractivity contribution < 1.29 is 24.1 Å². The summed E-state index contributed by atoms with van der Waals surface area (Å²) in [4.78, 5) is 12.2. The van der Waals surface area contributed by atoms with Crippen LogP contribution < -0.4 is 19.5 Å². The predicted molar refractivity (Wildman–Crippen MR) is 99.8 cm³/mol. The molecule has 26 heavy (non-hydrogen) atoms. The maximum Gasteiger partial charge on any atom is 0.251 e. The molecule has 0 radical (unpaired) electrons. The molecule has 0 aliphatic carbocycles. The molecule has 2 N–H and O–H groups in total. The van der Waals surface area contributed by atoms with Gasteiger partial charge in [-0.2, -0.15) is 0 Å². The number of carbonyl (C=O) groups excluding carboxylic acids is 1. The van der Waals surface area contributed by atoms with Crippen LogP contribution in [0.4, 0.5) is 0 Å². The van der Waals surface area contributed by atoms with E-state index in [4.69, 9.17) is 37.4 Å². The van der Waals surface area contributed by atoms with Crippen molar-refractivity contribution in [2.24, 2.45) is 0 Å². The van der Waals surface area contributed by atoms with Crippen LogP contribution in [0.5, 0.6) is 17.2 Å².